The number of hydrogen-bond donors (Lipinski definition) is 3. The molecule has 0 aliphatic carbocycles. The number of carbonyl (C=O) groups excluding carboxylic acids is 1. The van der Waals surface area contributed by atoms with Crippen LogP contribution in [0.5, 0.6) is 0 Å². The van der Waals surface area contributed by atoms with Gasteiger partial charge >= 0.3 is 0 Å². The van der Waals surface area contributed by atoms with Crippen molar-refractivity contribution in [3.05, 3.63) is 30.1 Å². The molecule has 18 heavy (non-hydrogen) atoms. The van der Waals surface area contributed by atoms with Crippen LogP contribution in [0.4, 0.5) is 0 Å². The Balaban J connectivity index is 2.24. The van der Waals surface area contributed by atoms with E-state index < -0.39 is 17.9 Å². The zero-order valence-corrected chi connectivity index (χ0v) is 9.94. The average molecular weight is 251 g/mol. The molecule has 0 aromatic carbocycles. The lowest BCUT2D eigenvalue weighted by Crippen LogP contribution is -2.60. The van der Waals surface area contributed by atoms with Gasteiger partial charge in [0.1, 0.15) is 6.10 Å². The van der Waals surface area contributed by atoms with E-state index in [4.69, 9.17) is 5.73 Å². The van der Waals surface area contributed by atoms with Gasteiger partial charge in [0.25, 0.3) is 0 Å². The maximum absolute atomic E-state index is 11.3. The van der Waals surface area contributed by atoms with Crippen molar-refractivity contribution in [1.82, 2.24) is 9.88 Å². The summed E-state index contributed by atoms with van der Waals surface area (Å²) in [7, 11) is 0. The minimum Gasteiger partial charge on any atom is -0.392 e. The highest BCUT2D eigenvalue weighted by atomic mass is 16.3. The highest BCUT2D eigenvalue weighted by Crippen LogP contribution is 2.28. The Bertz CT molecular complexity index is 414. The summed E-state index contributed by atoms with van der Waals surface area (Å²) in [6.45, 7) is 0.774. The summed E-state index contributed by atoms with van der Waals surface area (Å²) in [6.07, 6.45) is 2.50. The number of nitrogens with two attached hydrogens (primary N) is 1. The molecular formula is C12H17N3O3. The smallest absolute Gasteiger partial charge is 0.157 e. The highest BCUT2D eigenvalue weighted by molar-refractivity contribution is 5.65. The maximum atomic E-state index is 11.3. The molecule has 0 amide bonds. The normalized spacial score (nSPS) is 25.6. The number of hydrogen-bond acceptors (Lipinski definition) is 6. The van der Waals surface area contributed by atoms with Crippen LogP contribution in [-0.2, 0) is 4.79 Å². The van der Waals surface area contributed by atoms with Crippen molar-refractivity contribution >= 4 is 6.29 Å². The maximum Gasteiger partial charge on any atom is 0.157 e. The van der Waals surface area contributed by atoms with Crippen molar-refractivity contribution in [2.24, 2.45) is 5.73 Å². The molecule has 6 nitrogen and oxygen atoms in total. The third kappa shape index (κ3) is 2.28. The van der Waals surface area contributed by atoms with E-state index in [2.05, 4.69) is 4.98 Å². The van der Waals surface area contributed by atoms with Gasteiger partial charge in [0.2, 0.25) is 0 Å². The Labute approximate surface area is 105 Å². The van der Waals surface area contributed by atoms with Crippen molar-refractivity contribution in [2.75, 3.05) is 13.1 Å². The van der Waals surface area contributed by atoms with Crippen molar-refractivity contribution in [2.45, 2.75) is 24.3 Å². The van der Waals surface area contributed by atoms with Crippen LogP contribution in [0.2, 0.25) is 0 Å². The van der Waals surface area contributed by atoms with Gasteiger partial charge < -0.3 is 15.9 Å². The van der Waals surface area contributed by atoms with Crippen LogP contribution in [0, 0.1) is 0 Å². The Hall–Kier alpha value is -1.34. The lowest BCUT2D eigenvalue weighted by atomic mass is 9.97. The largest absolute Gasteiger partial charge is 0.392 e. The molecule has 98 valence electrons. The fraction of sp³-hybridized carbons (Fsp3) is 0.500. The van der Waals surface area contributed by atoms with Gasteiger partial charge in [-0.05, 0) is 24.1 Å². The minimum atomic E-state index is -1.52. The minimum absolute atomic E-state index is 0.289. The summed E-state index contributed by atoms with van der Waals surface area (Å²) in [6, 6.07) is 3.23. The van der Waals surface area contributed by atoms with E-state index in [1.807, 2.05) is 0 Å². The monoisotopic (exact) mass is 251 g/mol. The van der Waals surface area contributed by atoms with Gasteiger partial charge in [-0.25, -0.2) is 0 Å². The van der Waals surface area contributed by atoms with E-state index in [1.165, 1.54) is 12.4 Å². The Kier molecular flexibility index (Phi) is 3.72. The van der Waals surface area contributed by atoms with Crippen molar-refractivity contribution in [3.63, 3.8) is 0 Å². The molecule has 0 spiro atoms. The van der Waals surface area contributed by atoms with Crippen LogP contribution in [0.25, 0.3) is 0 Å². The topological polar surface area (TPSA) is 99.7 Å². The van der Waals surface area contributed by atoms with Crippen LogP contribution in [0.15, 0.2) is 24.5 Å². The summed E-state index contributed by atoms with van der Waals surface area (Å²) >= 11 is 0. The lowest BCUT2D eigenvalue weighted by molar-refractivity contribution is -0.126. The van der Waals surface area contributed by atoms with Crippen molar-refractivity contribution in [3.8, 4) is 0 Å². The SMILES string of the molecule is N[C@](C=O)([C@@H](O)c1ccncc1)N1CCC(O)C1. The first-order valence-corrected chi connectivity index (χ1v) is 5.84. The first-order chi connectivity index (χ1) is 8.58. The molecular weight excluding hydrogens is 234 g/mol. The van der Waals surface area contributed by atoms with Crippen LogP contribution in [0.1, 0.15) is 18.1 Å². The third-order valence-electron chi connectivity index (χ3n) is 3.36. The van der Waals surface area contributed by atoms with Gasteiger partial charge in [0.15, 0.2) is 11.9 Å². The molecule has 0 saturated carbocycles. The Morgan fingerprint density at radius 2 is 2.22 bits per heavy atom. The summed E-state index contributed by atoms with van der Waals surface area (Å²) in [4.78, 5) is 16.8. The van der Waals surface area contributed by atoms with E-state index in [0.29, 0.717) is 24.8 Å². The predicted molar refractivity (Wildman–Crippen MR) is 64.4 cm³/mol. The molecule has 1 aromatic heterocycles. The fourth-order valence-electron chi connectivity index (χ4n) is 2.22. The van der Waals surface area contributed by atoms with Gasteiger partial charge in [-0.1, -0.05) is 0 Å². The van der Waals surface area contributed by atoms with Gasteiger partial charge in [0.05, 0.1) is 6.10 Å². The van der Waals surface area contributed by atoms with E-state index in [0.717, 1.165) is 0 Å². The third-order valence-corrected chi connectivity index (χ3v) is 3.36. The number of aldehydes is 1. The molecule has 0 radical (unpaired) electrons. The van der Waals surface area contributed by atoms with Crippen LogP contribution < -0.4 is 5.73 Å². The molecule has 1 aromatic rings. The molecule has 1 aliphatic rings. The highest BCUT2D eigenvalue weighted by Gasteiger charge is 2.43. The number of aliphatic hydroxyl groups excluding tert-OH is 2. The fourth-order valence-corrected chi connectivity index (χ4v) is 2.22. The Morgan fingerprint density at radius 3 is 2.72 bits per heavy atom. The van der Waals surface area contributed by atoms with E-state index >= 15 is 0 Å². The Morgan fingerprint density at radius 1 is 1.56 bits per heavy atom. The van der Waals surface area contributed by atoms with Crippen molar-refractivity contribution in [1.29, 1.82) is 0 Å². The van der Waals surface area contributed by atoms with Gasteiger partial charge in [0, 0.05) is 25.5 Å². The first kappa shape index (κ1) is 13.1. The summed E-state index contributed by atoms with van der Waals surface area (Å²) in [5, 5.41) is 19.8. The lowest BCUT2D eigenvalue weighted by Gasteiger charge is -2.37. The number of rotatable bonds is 4. The molecule has 6 heteroatoms. The second-order valence-corrected chi connectivity index (χ2v) is 4.58. The van der Waals surface area contributed by atoms with E-state index in [1.54, 1.807) is 17.0 Å². The molecule has 1 fully saturated rings. The second-order valence-electron chi connectivity index (χ2n) is 4.58. The molecule has 1 aliphatic heterocycles. The van der Waals surface area contributed by atoms with Gasteiger partial charge in [-0.3, -0.25) is 14.7 Å². The average Bonchev–Trinajstić information content (AvgIpc) is 2.85. The molecule has 2 heterocycles. The van der Waals surface area contributed by atoms with Gasteiger partial charge in [-0.2, -0.15) is 0 Å². The molecule has 2 rings (SSSR count). The number of nitrogens with zero attached hydrogens (tertiary/aromatic N) is 2. The molecule has 1 saturated heterocycles. The quantitative estimate of drug-likeness (QED) is 0.596. The molecule has 4 N–H and O–H groups in total. The molecule has 1 unspecified atom stereocenters. The zero-order chi connectivity index (χ0) is 13.2. The standard InChI is InChI=1S/C12H17N3O3/c13-12(8-16,15-6-3-10(17)7-15)11(18)9-1-4-14-5-2-9/h1-2,4-5,8,10-11,17-18H,3,6-7,13H2/t10?,11-,12-/m0/s1. The van der Waals surface area contributed by atoms with E-state index in [9.17, 15) is 15.0 Å². The summed E-state index contributed by atoms with van der Waals surface area (Å²) < 4.78 is 0. The number of pyridine rings is 1. The number of aliphatic hydroxyl groups is 2. The number of carbonyl (C=O) groups is 1. The number of β-amino-alcohol motifs (C(OH)–C–C–N with tert-alkyl or cyclic N) is 1. The predicted octanol–water partition coefficient (Wildman–Crippen LogP) is -0.965. The van der Waals surface area contributed by atoms with Crippen LogP contribution in [-0.4, -0.2) is 51.2 Å². The number of likely N-dealkylation sites (tertiary alicyclic amines) is 1. The summed E-state index contributed by atoms with van der Waals surface area (Å²) in [5.74, 6) is 0. The molecule has 3 atom stereocenters. The summed E-state index contributed by atoms with van der Waals surface area (Å²) in [5.41, 5.74) is 5.03. The zero-order valence-electron chi connectivity index (χ0n) is 9.94. The van der Waals surface area contributed by atoms with Crippen LogP contribution in [0.3, 0.4) is 0 Å². The first-order valence-electron chi connectivity index (χ1n) is 5.84. The van der Waals surface area contributed by atoms with E-state index in [-0.39, 0.29) is 6.54 Å². The second kappa shape index (κ2) is 5.11. The molecule has 0 bridgehead atoms. The van der Waals surface area contributed by atoms with Crippen molar-refractivity contribution < 1.29 is 15.0 Å². The number of aromatic nitrogens is 1. The van der Waals surface area contributed by atoms with Crippen LogP contribution >= 0.6 is 0 Å². The van der Waals surface area contributed by atoms with Gasteiger partial charge in [-0.15, -0.1) is 0 Å².